The molecular formula is C18H24IN3O2S. The molecule has 0 spiro atoms. The number of aliphatic imine (C=N–C) groups is 1. The smallest absolute Gasteiger partial charge is 0.191 e. The van der Waals surface area contributed by atoms with E-state index in [0.717, 1.165) is 36.0 Å². The van der Waals surface area contributed by atoms with Gasteiger partial charge in [0.05, 0.1) is 13.7 Å². The van der Waals surface area contributed by atoms with E-state index >= 15 is 0 Å². The second-order valence-corrected chi connectivity index (χ2v) is 6.80. The van der Waals surface area contributed by atoms with E-state index in [1.807, 2.05) is 6.07 Å². The van der Waals surface area contributed by atoms with Crippen LogP contribution in [0.4, 0.5) is 0 Å². The quantitative estimate of drug-likeness (QED) is 0.396. The third-order valence-corrected chi connectivity index (χ3v) is 4.86. The molecule has 0 aliphatic carbocycles. The molecule has 136 valence electrons. The van der Waals surface area contributed by atoms with Crippen molar-refractivity contribution in [1.82, 2.24) is 10.6 Å². The van der Waals surface area contributed by atoms with Crippen molar-refractivity contribution >= 4 is 41.3 Å². The Kier molecular flexibility index (Phi) is 7.37. The zero-order chi connectivity index (χ0) is 16.9. The van der Waals surface area contributed by atoms with Gasteiger partial charge in [0.2, 0.25) is 0 Å². The van der Waals surface area contributed by atoms with Crippen LogP contribution in [0.3, 0.4) is 0 Å². The van der Waals surface area contributed by atoms with Crippen LogP contribution in [0.2, 0.25) is 0 Å². The monoisotopic (exact) mass is 473 g/mol. The first-order valence-corrected chi connectivity index (χ1v) is 8.91. The third kappa shape index (κ3) is 5.01. The number of guanidine groups is 1. The van der Waals surface area contributed by atoms with Crippen LogP contribution in [0.1, 0.15) is 22.9 Å². The Balaban J connectivity index is 0.00000225. The predicted octanol–water partition coefficient (Wildman–Crippen LogP) is 3.56. The number of hydrogen-bond donors (Lipinski definition) is 2. The summed E-state index contributed by atoms with van der Waals surface area (Å²) >= 11 is 1.73. The van der Waals surface area contributed by atoms with Gasteiger partial charge >= 0.3 is 0 Å². The maximum atomic E-state index is 5.85. The lowest BCUT2D eigenvalue weighted by atomic mass is 10.1. The normalized spacial score (nSPS) is 15.8. The van der Waals surface area contributed by atoms with Crippen molar-refractivity contribution in [3.05, 3.63) is 45.6 Å². The Labute approximate surface area is 169 Å². The number of hydrogen-bond acceptors (Lipinski definition) is 4. The Morgan fingerprint density at radius 2 is 2.16 bits per heavy atom. The van der Waals surface area contributed by atoms with Gasteiger partial charge in [0.1, 0.15) is 17.6 Å². The van der Waals surface area contributed by atoms with Crippen LogP contribution >= 0.6 is 35.3 Å². The van der Waals surface area contributed by atoms with Crippen LogP contribution in [-0.2, 0) is 19.5 Å². The zero-order valence-corrected chi connectivity index (χ0v) is 17.8. The highest BCUT2D eigenvalue weighted by atomic mass is 127. The molecule has 0 amide bonds. The topological polar surface area (TPSA) is 54.9 Å². The average Bonchev–Trinajstić information content (AvgIpc) is 3.22. The highest BCUT2D eigenvalue weighted by Crippen LogP contribution is 2.34. The van der Waals surface area contributed by atoms with Crippen molar-refractivity contribution in [3.8, 4) is 11.5 Å². The number of methoxy groups -OCH3 is 1. The summed E-state index contributed by atoms with van der Waals surface area (Å²) in [5, 5.41) is 8.72. The Morgan fingerprint density at radius 1 is 1.36 bits per heavy atom. The third-order valence-electron chi connectivity index (χ3n) is 3.98. The Morgan fingerprint density at radius 3 is 2.84 bits per heavy atom. The van der Waals surface area contributed by atoms with Crippen LogP contribution < -0.4 is 20.1 Å². The molecule has 5 nitrogen and oxygen atoms in total. The van der Waals surface area contributed by atoms with Gasteiger partial charge in [-0.05, 0) is 30.5 Å². The molecule has 0 fully saturated rings. The van der Waals surface area contributed by atoms with Crippen molar-refractivity contribution in [3.63, 3.8) is 0 Å². The number of benzene rings is 1. The lowest BCUT2D eigenvalue weighted by Gasteiger charge is -2.14. The SMILES string of the molecule is CN=C(NCc1cccs1)NCc1cc2c(cc1OC)CC(C)O2.I. The summed E-state index contributed by atoms with van der Waals surface area (Å²) in [6.45, 7) is 3.47. The molecule has 0 saturated heterocycles. The van der Waals surface area contributed by atoms with Gasteiger partial charge in [0.25, 0.3) is 0 Å². The van der Waals surface area contributed by atoms with Crippen molar-refractivity contribution in [1.29, 1.82) is 0 Å². The van der Waals surface area contributed by atoms with Crippen molar-refractivity contribution in [2.24, 2.45) is 4.99 Å². The van der Waals surface area contributed by atoms with E-state index < -0.39 is 0 Å². The van der Waals surface area contributed by atoms with Gasteiger partial charge in [0.15, 0.2) is 5.96 Å². The van der Waals surface area contributed by atoms with Crippen LogP contribution in [0.5, 0.6) is 11.5 Å². The number of rotatable bonds is 5. The highest BCUT2D eigenvalue weighted by Gasteiger charge is 2.21. The number of ether oxygens (including phenoxy) is 2. The molecule has 7 heteroatoms. The van der Waals surface area contributed by atoms with Gasteiger partial charge in [-0.1, -0.05) is 6.07 Å². The van der Waals surface area contributed by atoms with Gasteiger partial charge < -0.3 is 20.1 Å². The lowest BCUT2D eigenvalue weighted by molar-refractivity contribution is 0.254. The molecule has 0 bridgehead atoms. The maximum absolute atomic E-state index is 5.85. The fraction of sp³-hybridized carbons (Fsp3) is 0.389. The minimum Gasteiger partial charge on any atom is -0.496 e. The van der Waals surface area contributed by atoms with Gasteiger partial charge in [0, 0.05) is 36.0 Å². The lowest BCUT2D eigenvalue weighted by Crippen LogP contribution is -2.36. The van der Waals surface area contributed by atoms with Gasteiger partial charge in [-0.3, -0.25) is 4.99 Å². The van der Waals surface area contributed by atoms with Gasteiger partial charge in [-0.2, -0.15) is 0 Å². The summed E-state index contributed by atoms with van der Waals surface area (Å²) in [4.78, 5) is 5.54. The second kappa shape index (κ2) is 9.28. The summed E-state index contributed by atoms with van der Waals surface area (Å²) in [5.41, 5.74) is 2.27. The van der Waals surface area contributed by atoms with E-state index in [-0.39, 0.29) is 30.1 Å². The van der Waals surface area contributed by atoms with E-state index in [9.17, 15) is 0 Å². The minimum atomic E-state index is 0. The fourth-order valence-corrected chi connectivity index (χ4v) is 3.44. The largest absolute Gasteiger partial charge is 0.496 e. The molecule has 3 rings (SSSR count). The van der Waals surface area contributed by atoms with Gasteiger partial charge in [-0.25, -0.2) is 0 Å². The summed E-state index contributed by atoms with van der Waals surface area (Å²) < 4.78 is 11.4. The standard InChI is InChI=1S/C18H23N3O2S.HI/c1-12-7-13-8-16(22-3)14(9-17(13)23-12)10-20-18(19-2)21-11-15-5-4-6-24-15;/h4-6,8-9,12H,7,10-11H2,1-3H3,(H2,19,20,21);1H. The van der Waals surface area contributed by atoms with Crippen LogP contribution in [-0.4, -0.2) is 26.2 Å². The number of fused-ring (bicyclic) bond motifs is 1. The molecule has 1 unspecified atom stereocenters. The summed E-state index contributed by atoms with van der Waals surface area (Å²) in [6.07, 6.45) is 1.16. The molecule has 2 aromatic rings. The van der Waals surface area contributed by atoms with Crippen LogP contribution in [0.25, 0.3) is 0 Å². The molecule has 1 atom stereocenters. The maximum Gasteiger partial charge on any atom is 0.191 e. The molecule has 1 aliphatic rings. The van der Waals surface area contributed by atoms with E-state index in [1.54, 1.807) is 25.5 Å². The van der Waals surface area contributed by atoms with Crippen LogP contribution in [0.15, 0.2) is 34.6 Å². The molecule has 25 heavy (non-hydrogen) atoms. The summed E-state index contributed by atoms with van der Waals surface area (Å²) in [7, 11) is 3.47. The first kappa shape index (κ1) is 19.8. The minimum absolute atomic E-state index is 0. The number of nitrogens with one attached hydrogen (secondary N) is 2. The van der Waals surface area contributed by atoms with Gasteiger partial charge in [-0.15, -0.1) is 35.3 Å². The van der Waals surface area contributed by atoms with Crippen molar-refractivity contribution < 1.29 is 9.47 Å². The molecule has 2 heterocycles. The molecule has 2 N–H and O–H groups in total. The first-order valence-electron chi connectivity index (χ1n) is 8.03. The van der Waals surface area contributed by atoms with Crippen LogP contribution in [0, 0.1) is 0 Å². The van der Waals surface area contributed by atoms with E-state index in [1.165, 1.54) is 10.4 Å². The number of nitrogens with zero attached hydrogens (tertiary/aromatic N) is 1. The van der Waals surface area contributed by atoms with Crippen molar-refractivity contribution in [2.75, 3.05) is 14.2 Å². The highest BCUT2D eigenvalue weighted by molar-refractivity contribution is 14.0. The average molecular weight is 473 g/mol. The molecule has 1 aromatic heterocycles. The molecule has 0 saturated carbocycles. The summed E-state index contributed by atoms with van der Waals surface area (Å²) in [6, 6.07) is 8.30. The Bertz CT molecular complexity index is 719. The van der Waals surface area contributed by atoms with Crippen molar-refractivity contribution in [2.45, 2.75) is 32.5 Å². The molecule has 0 radical (unpaired) electrons. The zero-order valence-electron chi connectivity index (χ0n) is 14.7. The molecular weight excluding hydrogens is 449 g/mol. The fourth-order valence-electron chi connectivity index (χ4n) is 2.79. The molecule has 1 aliphatic heterocycles. The summed E-state index contributed by atoms with van der Waals surface area (Å²) in [5.74, 6) is 2.61. The number of halogens is 1. The number of thiophene rings is 1. The molecule has 1 aromatic carbocycles. The Hall–Kier alpha value is -1.48. The van der Waals surface area contributed by atoms with E-state index in [4.69, 9.17) is 9.47 Å². The van der Waals surface area contributed by atoms with E-state index in [0.29, 0.717) is 6.54 Å². The van der Waals surface area contributed by atoms with E-state index in [2.05, 4.69) is 46.1 Å². The first-order chi connectivity index (χ1) is 11.7. The predicted molar refractivity (Wildman–Crippen MR) is 114 cm³/mol. The second-order valence-electron chi connectivity index (χ2n) is 5.76.